The highest BCUT2D eigenvalue weighted by molar-refractivity contribution is 5.88. The number of aliphatic carboxylic acids is 1. The first-order valence-corrected chi connectivity index (χ1v) is 10.9. The van der Waals surface area contributed by atoms with E-state index in [2.05, 4.69) is 11.0 Å². The summed E-state index contributed by atoms with van der Waals surface area (Å²) in [6, 6.07) is 13.7. The van der Waals surface area contributed by atoms with Gasteiger partial charge in [0.05, 0.1) is 12.7 Å². The number of fused-ring (bicyclic) bond motifs is 1. The molecular formula is C25H31NO5. The van der Waals surface area contributed by atoms with Crippen molar-refractivity contribution in [1.29, 1.82) is 0 Å². The molecule has 0 heterocycles. The molecule has 2 aromatic rings. The van der Waals surface area contributed by atoms with Gasteiger partial charge in [-0.2, -0.15) is 0 Å². The molecule has 0 saturated heterocycles. The number of carboxylic acids is 2. The minimum atomic E-state index is -0.897. The number of unbranched alkanes of at least 4 members (excludes halogenated alkanes) is 1. The molecular weight excluding hydrogens is 394 g/mol. The van der Waals surface area contributed by atoms with Crippen molar-refractivity contribution in [2.75, 3.05) is 20.2 Å². The van der Waals surface area contributed by atoms with Gasteiger partial charge < -0.3 is 14.9 Å². The summed E-state index contributed by atoms with van der Waals surface area (Å²) in [5, 5.41) is 18.3. The van der Waals surface area contributed by atoms with E-state index in [-0.39, 0.29) is 12.5 Å². The Morgan fingerprint density at radius 2 is 1.90 bits per heavy atom. The Kier molecular flexibility index (Phi) is 8.06. The number of ether oxygens (including phenoxy) is 1. The van der Waals surface area contributed by atoms with Crippen LogP contribution >= 0.6 is 0 Å². The van der Waals surface area contributed by atoms with Crippen LogP contribution in [0.2, 0.25) is 0 Å². The summed E-state index contributed by atoms with van der Waals surface area (Å²) in [4.78, 5) is 24.7. The van der Waals surface area contributed by atoms with E-state index in [1.54, 1.807) is 13.2 Å². The van der Waals surface area contributed by atoms with Crippen LogP contribution in [0.3, 0.4) is 0 Å². The van der Waals surface area contributed by atoms with Gasteiger partial charge in [0, 0.05) is 19.0 Å². The maximum absolute atomic E-state index is 11.4. The van der Waals surface area contributed by atoms with Crippen molar-refractivity contribution >= 4 is 11.9 Å². The second-order valence-electron chi connectivity index (χ2n) is 8.08. The van der Waals surface area contributed by atoms with Gasteiger partial charge in [0.2, 0.25) is 0 Å². The maximum Gasteiger partial charge on any atom is 0.335 e. The smallest absolute Gasteiger partial charge is 0.335 e. The fourth-order valence-corrected chi connectivity index (χ4v) is 4.49. The number of benzene rings is 2. The third-order valence-electron chi connectivity index (χ3n) is 6.06. The zero-order chi connectivity index (χ0) is 22.2. The highest BCUT2D eigenvalue weighted by Crippen LogP contribution is 2.35. The standard InChI is InChI=1S/C25H31NO5/c1-31-23-10-3-2-7-18(23)14-16-26(15-5-4-11-24(27)28)22-9-6-8-19-17-20(25(29)30)12-13-21(19)22/h2-3,7,10,12-13,17,22H,4-6,8-9,11,14-16H2,1H3,(H,27,28)(H,29,30). The summed E-state index contributed by atoms with van der Waals surface area (Å²) in [6.07, 6.45) is 5.42. The molecule has 0 amide bonds. The molecule has 2 aromatic carbocycles. The number of carbonyl (C=O) groups is 2. The SMILES string of the molecule is COc1ccccc1CCN(CCCCC(=O)O)C1CCCc2cc(C(=O)O)ccc21. The molecule has 1 atom stereocenters. The monoisotopic (exact) mass is 425 g/mol. The first kappa shape index (κ1) is 22.8. The van der Waals surface area contributed by atoms with Crippen LogP contribution in [0.1, 0.15) is 65.2 Å². The van der Waals surface area contributed by atoms with E-state index in [1.807, 2.05) is 30.3 Å². The Hall–Kier alpha value is -2.86. The van der Waals surface area contributed by atoms with Crippen LogP contribution in [-0.2, 0) is 17.6 Å². The molecule has 0 saturated carbocycles. The number of rotatable bonds is 11. The van der Waals surface area contributed by atoms with Gasteiger partial charge in [0.1, 0.15) is 5.75 Å². The molecule has 0 aromatic heterocycles. The number of methoxy groups -OCH3 is 1. The zero-order valence-electron chi connectivity index (χ0n) is 18.0. The number of aromatic carboxylic acids is 1. The largest absolute Gasteiger partial charge is 0.496 e. The van der Waals surface area contributed by atoms with Crippen molar-refractivity contribution in [2.45, 2.75) is 51.0 Å². The van der Waals surface area contributed by atoms with Gasteiger partial charge in [0.15, 0.2) is 0 Å². The Morgan fingerprint density at radius 3 is 2.65 bits per heavy atom. The topological polar surface area (TPSA) is 87.1 Å². The number of nitrogens with zero attached hydrogens (tertiary/aromatic N) is 1. The zero-order valence-corrected chi connectivity index (χ0v) is 18.0. The van der Waals surface area contributed by atoms with Crippen LogP contribution in [0, 0.1) is 0 Å². The predicted octanol–water partition coefficient (Wildman–Crippen LogP) is 4.57. The third-order valence-corrected chi connectivity index (χ3v) is 6.06. The molecule has 166 valence electrons. The second-order valence-corrected chi connectivity index (χ2v) is 8.08. The summed E-state index contributed by atoms with van der Waals surface area (Å²) in [6.45, 7) is 1.64. The van der Waals surface area contributed by atoms with E-state index in [9.17, 15) is 14.7 Å². The van der Waals surface area contributed by atoms with Crippen LogP contribution in [-0.4, -0.2) is 47.3 Å². The molecule has 0 radical (unpaired) electrons. The lowest BCUT2D eigenvalue weighted by Gasteiger charge is -2.36. The third kappa shape index (κ3) is 6.07. The highest BCUT2D eigenvalue weighted by Gasteiger charge is 2.26. The number of hydrogen-bond donors (Lipinski definition) is 2. The van der Waals surface area contributed by atoms with E-state index in [0.717, 1.165) is 62.1 Å². The molecule has 1 aliphatic rings. The van der Waals surface area contributed by atoms with Gasteiger partial charge in [0.25, 0.3) is 0 Å². The van der Waals surface area contributed by atoms with Gasteiger partial charge in [-0.05, 0) is 80.0 Å². The molecule has 1 unspecified atom stereocenters. The number of para-hydroxylation sites is 1. The minimum absolute atomic E-state index is 0.184. The van der Waals surface area contributed by atoms with E-state index in [0.29, 0.717) is 12.0 Å². The van der Waals surface area contributed by atoms with E-state index in [1.165, 1.54) is 5.56 Å². The van der Waals surface area contributed by atoms with Crippen molar-refractivity contribution in [3.05, 3.63) is 64.7 Å². The molecule has 0 fully saturated rings. The summed E-state index contributed by atoms with van der Waals surface area (Å²) >= 11 is 0. The van der Waals surface area contributed by atoms with E-state index >= 15 is 0 Å². The highest BCUT2D eigenvalue weighted by atomic mass is 16.5. The van der Waals surface area contributed by atoms with Crippen LogP contribution in [0.5, 0.6) is 5.75 Å². The maximum atomic E-state index is 11.4. The number of hydrogen-bond acceptors (Lipinski definition) is 4. The molecule has 6 nitrogen and oxygen atoms in total. The molecule has 0 aliphatic heterocycles. The Bertz CT molecular complexity index is 911. The first-order valence-electron chi connectivity index (χ1n) is 10.9. The fraction of sp³-hybridized carbons (Fsp3) is 0.440. The first-order chi connectivity index (χ1) is 15.0. The Morgan fingerprint density at radius 1 is 1.10 bits per heavy atom. The molecule has 3 rings (SSSR count). The summed E-state index contributed by atoms with van der Waals surface area (Å²) < 4.78 is 5.50. The fourth-order valence-electron chi connectivity index (χ4n) is 4.49. The van der Waals surface area contributed by atoms with Gasteiger partial charge in [-0.15, -0.1) is 0 Å². The van der Waals surface area contributed by atoms with Crippen LogP contribution < -0.4 is 4.74 Å². The van der Waals surface area contributed by atoms with Crippen LogP contribution in [0.4, 0.5) is 0 Å². The summed E-state index contributed by atoms with van der Waals surface area (Å²) in [5.41, 5.74) is 3.80. The van der Waals surface area contributed by atoms with Crippen molar-refractivity contribution in [3.8, 4) is 5.75 Å². The van der Waals surface area contributed by atoms with Gasteiger partial charge in [-0.25, -0.2) is 4.79 Å². The lowest BCUT2D eigenvalue weighted by molar-refractivity contribution is -0.137. The van der Waals surface area contributed by atoms with E-state index < -0.39 is 11.9 Å². The van der Waals surface area contributed by atoms with Crippen molar-refractivity contribution < 1.29 is 24.5 Å². The quantitative estimate of drug-likeness (QED) is 0.513. The van der Waals surface area contributed by atoms with E-state index in [4.69, 9.17) is 9.84 Å². The predicted molar refractivity (Wildman–Crippen MR) is 119 cm³/mol. The average molecular weight is 426 g/mol. The molecule has 0 bridgehead atoms. The molecule has 0 spiro atoms. The lowest BCUT2D eigenvalue weighted by atomic mass is 9.85. The Labute approximate surface area is 183 Å². The lowest BCUT2D eigenvalue weighted by Crippen LogP contribution is -2.34. The average Bonchev–Trinajstić information content (AvgIpc) is 2.78. The van der Waals surface area contributed by atoms with Crippen LogP contribution in [0.15, 0.2) is 42.5 Å². The molecule has 2 N–H and O–H groups in total. The summed E-state index contributed by atoms with van der Waals surface area (Å²) in [7, 11) is 1.68. The number of aryl methyl sites for hydroxylation is 1. The minimum Gasteiger partial charge on any atom is -0.496 e. The number of carboxylic acid groups (broad SMARTS) is 2. The van der Waals surface area contributed by atoms with Crippen molar-refractivity contribution in [3.63, 3.8) is 0 Å². The Balaban J connectivity index is 1.79. The van der Waals surface area contributed by atoms with Crippen molar-refractivity contribution in [1.82, 2.24) is 4.90 Å². The van der Waals surface area contributed by atoms with Crippen LogP contribution in [0.25, 0.3) is 0 Å². The van der Waals surface area contributed by atoms with Crippen molar-refractivity contribution in [2.24, 2.45) is 0 Å². The van der Waals surface area contributed by atoms with Gasteiger partial charge >= 0.3 is 11.9 Å². The molecule has 1 aliphatic carbocycles. The normalized spacial score (nSPS) is 15.5. The molecule has 31 heavy (non-hydrogen) atoms. The molecule has 6 heteroatoms. The summed E-state index contributed by atoms with van der Waals surface area (Å²) in [5.74, 6) is -0.778. The van der Waals surface area contributed by atoms with Gasteiger partial charge in [-0.3, -0.25) is 9.69 Å². The second kappa shape index (κ2) is 11.0. The van der Waals surface area contributed by atoms with Gasteiger partial charge in [-0.1, -0.05) is 24.3 Å².